The molecule has 0 saturated carbocycles. The van der Waals surface area contributed by atoms with Crippen LogP contribution in [0.2, 0.25) is 0 Å². The van der Waals surface area contributed by atoms with Gasteiger partial charge in [-0.25, -0.2) is 0 Å². The van der Waals surface area contributed by atoms with E-state index in [9.17, 15) is 0 Å². The number of thiophene rings is 2. The minimum Gasteiger partial charge on any atom is -0.456 e. The summed E-state index contributed by atoms with van der Waals surface area (Å²) in [4.78, 5) is 0. The Morgan fingerprint density at radius 3 is 1.11 bits per heavy atom. The van der Waals surface area contributed by atoms with Crippen LogP contribution in [-0.4, -0.2) is 13.7 Å². The third-order valence-corrected chi connectivity index (χ3v) is 20.5. The fourth-order valence-electron chi connectivity index (χ4n) is 14.5. The van der Waals surface area contributed by atoms with Crippen LogP contribution in [0.5, 0.6) is 0 Å². The van der Waals surface area contributed by atoms with Gasteiger partial charge in [0.15, 0.2) is 0 Å². The maximum absolute atomic E-state index is 6.37. The van der Waals surface area contributed by atoms with Gasteiger partial charge in [-0.3, -0.25) is 0 Å². The molecule has 7 aromatic heterocycles. The lowest BCUT2D eigenvalue weighted by atomic mass is 9.99. The smallest absolute Gasteiger partial charge is 0.135 e. The first kappa shape index (κ1) is 45.9. The second-order valence-corrected chi connectivity index (χ2v) is 24.9. The zero-order chi connectivity index (χ0) is 55.2. The van der Waals surface area contributed by atoms with Gasteiger partial charge >= 0.3 is 0 Å². The van der Waals surface area contributed by atoms with Crippen LogP contribution in [0.3, 0.4) is 0 Å². The Bertz CT molecular complexity index is 5930. The Balaban J connectivity index is 0.926. The number of aromatic nitrogens is 3. The summed E-state index contributed by atoms with van der Waals surface area (Å²) in [6.45, 7) is 0. The second kappa shape index (κ2) is 17.0. The number of furan rings is 2. The molecule has 0 amide bonds. The summed E-state index contributed by atoms with van der Waals surface area (Å²) in [5.41, 5.74) is 18.4. The highest BCUT2D eigenvalue weighted by molar-refractivity contribution is 7.26. The summed E-state index contributed by atoms with van der Waals surface area (Å²) >= 11 is 3.72. The molecule has 0 unspecified atom stereocenters. The molecule has 0 aliphatic heterocycles. The average molecular weight is 1120 g/mol. The van der Waals surface area contributed by atoms with E-state index in [1.54, 1.807) is 0 Å². The van der Waals surface area contributed by atoms with Crippen molar-refractivity contribution in [1.29, 1.82) is 0 Å². The van der Waals surface area contributed by atoms with Crippen LogP contribution in [0.15, 0.2) is 270 Å². The predicted molar refractivity (Wildman–Crippen MR) is 361 cm³/mol. The lowest BCUT2D eigenvalue weighted by Crippen LogP contribution is -1.96. The maximum Gasteiger partial charge on any atom is 0.135 e. The van der Waals surface area contributed by atoms with Crippen molar-refractivity contribution in [3.63, 3.8) is 0 Å². The molecule has 0 N–H and O–H groups in total. The summed E-state index contributed by atoms with van der Waals surface area (Å²) in [6, 6.07) is 96.6. The van der Waals surface area contributed by atoms with Gasteiger partial charge in [0.2, 0.25) is 0 Å². The molecule has 0 spiro atoms. The highest BCUT2D eigenvalue weighted by Gasteiger charge is 2.27. The van der Waals surface area contributed by atoms with Crippen molar-refractivity contribution in [2.75, 3.05) is 0 Å². The number of fused-ring (bicyclic) bond motifs is 23. The molecule has 0 bridgehead atoms. The topological polar surface area (TPSA) is 41.1 Å². The fraction of sp³-hybridized carbons (Fsp3) is 0. The lowest BCUT2D eigenvalue weighted by molar-refractivity contribution is 0.668. The number of hydrogen-bond acceptors (Lipinski definition) is 4. The summed E-state index contributed by atoms with van der Waals surface area (Å²) in [5.74, 6) is 0. The molecular weight excluding hydrogens is 1080 g/mol. The Morgan fingerprint density at radius 1 is 0.224 bits per heavy atom. The molecule has 85 heavy (non-hydrogen) atoms. The van der Waals surface area contributed by atoms with Crippen LogP contribution in [0.25, 0.3) is 189 Å². The number of benzene rings is 13. The quantitative estimate of drug-likeness (QED) is 0.172. The predicted octanol–water partition coefficient (Wildman–Crippen LogP) is 22.8. The van der Waals surface area contributed by atoms with E-state index in [4.69, 9.17) is 8.83 Å². The van der Waals surface area contributed by atoms with Gasteiger partial charge in [-0.1, -0.05) is 127 Å². The van der Waals surface area contributed by atoms with Crippen molar-refractivity contribution >= 4 is 172 Å². The Labute approximate surface area is 491 Å². The van der Waals surface area contributed by atoms with Crippen LogP contribution < -0.4 is 0 Å². The third kappa shape index (κ3) is 6.40. The average Bonchev–Trinajstić information content (AvgIpc) is 1.77. The Morgan fingerprint density at radius 2 is 0.612 bits per heavy atom. The molecule has 7 heteroatoms. The second-order valence-electron chi connectivity index (χ2n) is 22.7. The first-order chi connectivity index (χ1) is 42.1. The Hall–Kier alpha value is -10.7. The number of hydrogen-bond donors (Lipinski definition) is 0. The van der Waals surface area contributed by atoms with E-state index in [0.29, 0.717) is 0 Å². The van der Waals surface area contributed by atoms with E-state index in [0.717, 1.165) is 105 Å². The molecule has 20 rings (SSSR count). The van der Waals surface area contributed by atoms with Gasteiger partial charge in [-0.15, -0.1) is 22.7 Å². The molecule has 0 aliphatic carbocycles. The van der Waals surface area contributed by atoms with Gasteiger partial charge in [0.25, 0.3) is 0 Å². The molecule has 0 atom stereocenters. The van der Waals surface area contributed by atoms with Crippen molar-refractivity contribution in [3.05, 3.63) is 261 Å². The molecule has 0 saturated heterocycles. The molecule has 20 aromatic rings. The zero-order valence-electron chi connectivity index (χ0n) is 45.3. The van der Waals surface area contributed by atoms with Gasteiger partial charge in [0.05, 0.1) is 33.1 Å². The van der Waals surface area contributed by atoms with Gasteiger partial charge in [0, 0.05) is 111 Å². The van der Waals surface area contributed by atoms with Gasteiger partial charge < -0.3 is 22.5 Å². The van der Waals surface area contributed by atoms with E-state index in [1.165, 1.54) is 83.7 Å². The summed E-state index contributed by atoms with van der Waals surface area (Å²) in [7, 11) is 0. The minimum absolute atomic E-state index is 0.890. The van der Waals surface area contributed by atoms with E-state index in [-0.39, 0.29) is 0 Å². The van der Waals surface area contributed by atoms with Crippen LogP contribution in [0, 0.1) is 0 Å². The Kier molecular flexibility index (Phi) is 9.15. The van der Waals surface area contributed by atoms with Gasteiger partial charge in [-0.05, 0) is 156 Å². The molecule has 13 aromatic carbocycles. The molecule has 0 aliphatic rings. The molecular formula is C78H43N3O2S2. The highest BCUT2D eigenvalue weighted by atomic mass is 32.1. The van der Waals surface area contributed by atoms with Crippen molar-refractivity contribution in [2.24, 2.45) is 0 Å². The van der Waals surface area contributed by atoms with Crippen molar-refractivity contribution < 1.29 is 8.83 Å². The molecule has 0 fully saturated rings. The number of para-hydroxylation sites is 3. The van der Waals surface area contributed by atoms with Crippen molar-refractivity contribution in [1.82, 2.24) is 13.7 Å². The zero-order valence-corrected chi connectivity index (χ0v) is 46.9. The summed E-state index contributed by atoms with van der Waals surface area (Å²) in [5, 5.41) is 16.7. The van der Waals surface area contributed by atoms with Crippen LogP contribution in [0.1, 0.15) is 0 Å². The first-order valence-corrected chi connectivity index (χ1v) is 30.5. The normalized spacial score (nSPS) is 12.5. The van der Waals surface area contributed by atoms with E-state index >= 15 is 0 Å². The van der Waals surface area contributed by atoms with E-state index in [2.05, 4.69) is 262 Å². The van der Waals surface area contributed by atoms with Crippen molar-refractivity contribution in [3.8, 4) is 39.3 Å². The van der Waals surface area contributed by atoms with Crippen LogP contribution >= 0.6 is 22.7 Å². The molecule has 0 radical (unpaired) electrons. The van der Waals surface area contributed by atoms with Crippen LogP contribution in [-0.2, 0) is 0 Å². The van der Waals surface area contributed by atoms with Gasteiger partial charge in [-0.2, -0.15) is 0 Å². The van der Waals surface area contributed by atoms with Gasteiger partial charge in [0.1, 0.15) is 22.3 Å². The maximum atomic E-state index is 6.37. The van der Waals surface area contributed by atoms with E-state index in [1.807, 2.05) is 34.8 Å². The third-order valence-electron chi connectivity index (χ3n) is 18.2. The molecule has 394 valence electrons. The monoisotopic (exact) mass is 1120 g/mol. The molecule has 5 nitrogen and oxygen atoms in total. The number of rotatable bonds is 5. The fourth-order valence-corrected chi connectivity index (χ4v) is 16.6. The number of nitrogens with zero attached hydrogens (tertiary/aromatic N) is 3. The van der Waals surface area contributed by atoms with E-state index < -0.39 is 0 Å². The SMILES string of the molecule is c1ccc(-n2c3c(ccc4c3c3cc(-c5ccc6oc7ccccc7c6c5)ccc3n4-c3ccc4sc5ccccc5c4c3)c3ccc4c(c5cc(-c6ccc7oc8ccccc8c7c6)ccc5n4-c4ccc5sc6ccccc6c5c4)c32)cc1. The summed E-state index contributed by atoms with van der Waals surface area (Å²) < 4.78 is 25.5. The first-order valence-electron chi connectivity index (χ1n) is 28.9. The van der Waals surface area contributed by atoms with Crippen LogP contribution in [0.4, 0.5) is 0 Å². The minimum atomic E-state index is 0.890. The highest BCUT2D eigenvalue weighted by Crippen LogP contribution is 2.49. The summed E-state index contributed by atoms with van der Waals surface area (Å²) in [6.07, 6.45) is 0. The lowest BCUT2D eigenvalue weighted by Gasteiger charge is -2.11. The largest absolute Gasteiger partial charge is 0.456 e. The molecule has 7 heterocycles. The van der Waals surface area contributed by atoms with Crippen molar-refractivity contribution in [2.45, 2.75) is 0 Å². The standard InChI is InChI=1S/C78H43N3O2S2/c1-2-12-48(13-3-1)81-77-55(28-32-65-75(77)61-40-44(46-24-34-69-57(38-46)51-14-4-8-18-67(51)82-69)22-30-63(61)79(65)49-26-36-73-59(42-49)53-16-6-10-20-71(53)84-73)56-29-33-66-76(78(56)81)62-41-45(47-25-35-70-58(39-47)52-15-5-9-19-68(52)83-70)23-31-64(62)80(66)50-27-37-74-60(43-50)54-17-7-11-21-72(54)85-74/h1-43H.